The molecule has 1 amide bonds. The zero-order chi connectivity index (χ0) is 16.0. The minimum atomic E-state index is -4.40. The van der Waals surface area contributed by atoms with Crippen LogP contribution in [0.2, 0.25) is 0 Å². The summed E-state index contributed by atoms with van der Waals surface area (Å²) in [6, 6.07) is 4.59. The van der Waals surface area contributed by atoms with Gasteiger partial charge in [0.15, 0.2) is 6.61 Å². The second kappa shape index (κ2) is 5.19. The van der Waals surface area contributed by atoms with Crippen molar-refractivity contribution in [3.8, 4) is 5.75 Å². The highest BCUT2D eigenvalue weighted by Crippen LogP contribution is 2.38. The van der Waals surface area contributed by atoms with Crippen molar-refractivity contribution >= 4 is 19.2 Å². The molecular weight excluding hydrogens is 298 g/mol. The highest BCUT2D eigenvalue weighted by Gasteiger charge is 2.50. The highest BCUT2D eigenvalue weighted by molar-refractivity contribution is 6.34. The topological polar surface area (TPSA) is 38.8 Å². The Labute approximate surface area is 126 Å². The van der Waals surface area contributed by atoms with Crippen LogP contribution in [0.4, 0.5) is 13.2 Å². The first kappa shape index (κ1) is 15.2. The highest BCUT2D eigenvalue weighted by atomic mass is 19.4. The predicted octanol–water partition coefficient (Wildman–Crippen LogP) is 0.358. The summed E-state index contributed by atoms with van der Waals surface area (Å²) in [5.41, 5.74) is 1.02. The molecule has 4 nitrogen and oxygen atoms in total. The minimum Gasteiger partial charge on any atom is -0.485 e. The van der Waals surface area contributed by atoms with Gasteiger partial charge in [0, 0.05) is 18.7 Å². The molecule has 0 aliphatic carbocycles. The number of benzene rings is 1. The number of carbonyl (C=O) groups is 1. The van der Waals surface area contributed by atoms with Gasteiger partial charge in [0.05, 0.1) is 18.6 Å². The van der Waals surface area contributed by atoms with Gasteiger partial charge in [-0.2, -0.15) is 13.2 Å². The molecule has 2 aliphatic heterocycles. The maximum absolute atomic E-state index is 12.3. The summed E-state index contributed by atoms with van der Waals surface area (Å²) in [6.45, 7) is 1.25. The van der Waals surface area contributed by atoms with Crippen LogP contribution in [-0.2, 0) is 4.74 Å². The molecule has 0 radical (unpaired) electrons. The molecule has 2 fully saturated rings. The minimum absolute atomic E-state index is 0.0883. The van der Waals surface area contributed by atoms with E-state index < -0.39 is 12.8 Å². The molecule has 22 heavy (non-hydrogen) atoms. The lowest BCUT2D eigenvalue weighted by atomic mass is 9.77. The number of carbonyl (C=O) groups excluding carboxylic acids is 1. The third-order valence-corrected chi connectivity index (χ3v) is 3.98. The Morgan fingerprint density at radius 3 is 2.59 bits per heavy atom. The van der Waals surface area contributed by atoms with E-state index in [2.05, 4.69) is 0 Å². The fraction of sp³-hybridized carbons (Fsp3) is 0.500. The van der Waals surface area contributed by atoms with Gasteiger partial charge in [-0.1, -0.05) is 6.07 Å². The molecule has 1 aromatic rings. The number of likely N-dealkylation sites (tertiary alicyclic amines) is 1. The van der Waals surface area contributed by atoms with Crippen molar-refractivity contribution in [1.82, 2.24) is 4.90 Å². The molecule has 0 unspecified atom stereocenters. The molecule has 2 saturated heterocycles. The van der Waals surface area contributed by atoms with Gasteiger partial charge in [0.1, 0.15) is 13.6 Å². The lowest BCUT2D eigenvalue weighted by Crippen LogP contribution is -2.67. The predicted molar refractivity (Wildman–Crippen MR) is 75.3 cm³/mol. The van der Waals surface area contributed by atoms with Gasteiger partial charge in [-0.25, -0.2) is 0 Å². The third-order valence-electron chi connectivity index (χ3n) is 3.98. The number of ether oxygens (including phenoxy) is 2. The van der Waals surface area contributed by atoms with Gasteiger partial charge in [0.2, 0.25) is 0 Å². The Morgan fingerprint density at radius 2 is 2.05 bits per heavy atom. The van der Waals surface area contributed by atoms with Gasteiger partial charge < -0.3 is 14.4 Å². The lowest BCUT2D eigenvalue weighted by Gasteiger charge is -2.54. The van der Waals surface area contributed by atoms with E-state index >= 15 is 0 Å². The molecule has 1 spiro atoms. The fourth-order valence-corrected chi connectivity index (χ4v) is 2.71. The van der Waals surface area contributed by atoms with E-state index in [9.17, 15) is 18.0 Å². The number of alkyl halides is 3. The number of hydrogen-bond donors (Lipinski definition) is 0. The van der Waals surface area contributed by atoms with Crippen molar-refractivity contribution in [3.63, 3.8) is 0 Å². The molecule has 0 saturated carbocycles. The van der Waals surface area contributed by atoms with Crippen molar-refractivity contribution in [1.29, 1.82) is 0 Å². The van der Waals surface area contributed by atoms with Gasteiger partial charge in [-0.15, -0.1) is 0 Å². The van der Waals surface area contributed by atoms with Crippen molar-refractivity contribution in [2.75, 3.05) is 32.9 Å². The van der Waals surface area contributed by atoms with Gasteiger partial charge in [-0.3, -0.25) is 4.79 Å². The number of nitrogens with zero attached hydrogens (tertiary/aromatic N) is 1. The standard InChI is InChI=1S/C14H15BF3NO3/c15-10-2-1-9(3-11(10)22-8-14(16,17)18)12(20)19-4-13(5-19)6-21-7-13/h1-3H,4-8,15H2. The molecule has 1 aromatic carbocycles. The van der Waals surface area contributed by atoms with E-state index in [1.807, 2.05) is 0 Å². The molecule has 2 heterocycles. The van der Waals surface area contributed by atoms with E-state index in [1.54, 1.807) is 24.9 Å². The van der Waals surface area contributed by atoms with Crippen LogP contribution in [0.15, 0.2) is 18.2 Å². The molecule has 0 bridgehead atoms. The monoisotopic (exact) mass is 313 g/mol. The van der Waals surface area contributed by atoms with E-state index in [1.165, 1.54) is 6.07 Å². The van der Waals surface area contributed by atoms with Crippen molar-refractivity contribution < 1.29 is 27.4 Å². The summed E-state index contributed by atoms with van der Waals surface area (Å²) in [5.74, 6) is -0.0974. The van der Waals surface area contributed by atoms with Crippen molar-refractivity contribution in [2.45, 2.75) is 6.18 Å². The summed E-state index contributed by atoms with van der Waals surface area (Å²) in [7, 11) is 1.64. The quantitative estimate of drug-likeness (QED) is 0.757. The summed E-state index contributed by atoms with van der Waals surface area (Å²) in [4.78, 5) is 14.0. The molecular formula is C14H15BF3NO3. The second-order valence-corrected chi connectivity index (χ2v) is 6.04. The first-order valence-corrected chi connectivity index (χ1v) is 6.95. The van der Waals surface area contributed by atoms with E-state index in [-0.39, 0.29) is 17.1 Å². The summed E-state index contributed by atoms with van der Waals surface area (Å²) in [6.07, 6.45) is -4.40. The maximum Gasteiger partial charge on any atom is 0.422 e. The Balaban J connectivity index is 1.67. The molecule has 2 aliphatic rings. The number of amides is 1. The van der Waals surface area contributed by atoms with Gasteiger partial charge in [-0.05, 0) is 17.6 Å². The average molecular weight is 313 g/mol. The second-order valence-electron chi connectivity index (χ2n) is 6.04. The van der Waals surface area contributed by atoms with Crippen LogP contribution < -0.4 is 10.2 Å². The molecule has 3 rings (SSSR count). The summed E-state index contributed by atoms with van der Waals surface area (Å²) in [5, 5.41) is 0. The Morgan fingerprint density at radius 1 is 1.36 bits per heavy atom. The average Bonchev–Trinajstić information content (AvgIpc) is 2.33. The molecule has 0 atom stereocenters. The molecule has 0 N–H and O–H groups in total. The smallest absolute Gasteiger partial charge is 0.422 e. The summed E-state index contributed by atoms with van der Waals surface area (Å²) >= 11 is 0. The molecule has 0 aromatic heterocycles. The first-order valence-electron chi connectivity index (χ1n) is 6.95. The zero-order valence-electron chi connectivity index (χ0n) is 12.1. The molecule has 118 valence electrons. The van der Waals surface area contributed by atoms with Gasteiger partial charge >= 0.3 is 6.18 Å². The fourth-order valence-electron chi connectivity index (χ4n) is 2.71. The number of hydrogen-bond acceptors (Lipinski definition) is 3. The van der Waals surface area contributed by atoms with Gasteiger partial charge in [0.25, 0.3) is 5.91 Å². The summed E-state index contributed by atoms with van der Waals surface area (Å²) < 4.78 is 46.7. The third kappa shape index (κ3) is 2.92. The van der Waals surface area contributed by atoms with E-state index in [0.717, 1.165) is 0 Å². The van der Waals surface area contributed by atoms with Crippen LogP contribution in [-0.4, -0.2) is 57.7 Å². The Kier molecular flexibility index (Phi) is 3.59. The zero-order valence-corrected chi connectivity index (χ0v) is 12.1. The normalized spacial score (nSPS) is 19.5. The van der Waals surface area contributed by atoms with Crippen LogP contribution in [0.1, 0.15) is 10.4 Å². The van der Waals surface area contributed by atoms with Crippen LogP contribution in [0, 0.1) is 5.41 Å². The van der Waals surface area contributed by atoms with E-state index in [0.29, 0.717) is 37.3 Å². The van der Waals surface area contributed by atoms with Crippen LogP contribution in [0.5, 0.6) is 5.75 Å². The van der Waals surface area contributed by atoms with Crippen LogP contribution in [0.3, 0.4) is 0 Å². The Bertz CT molecular complexity index is 593. The van der Waals surface area contributed by atoms with Crippen LogP contribution in [0.25, 0.3) is 0 Å². The van der Waals surface area contributed by atoms with Crippen LogP contribution >= 0.6 is 0 Å². The first-order chi connectivity index (χ1) is 10.3. The maximum atomic E-state index is 12.3. The largest absolute Gasteiger partial charge is 0.485 e. The Hall–Kier alpha value is -1.70. The lowest BCUT2D eigenvalue weighted by molar-refractivity contribution is -0.176. The SMILES string of the molecule is Bc1ccc(C(=O)N2CC3(COC3)C2)cc1OCC(F)(F)F. The molecule has 8 heteroatoms. The number of halogens is 3. The van der Waals surface area contributed by atoms with E-state index in [4.69, 9.17) is 9.47 Å². The number of rotatable bonds is 3. The van der Waals surface area contributed by atoms with Crippen molar-refractivity contribution in [3.05, 3.63) is 23.8 Å². The van der Waals surface area contributed by atoms with Crippen molar-refractivity contribution in [2.24, 2.45) is 5.41 Å².